The van der Waals surface area contributed by atoms with Gasteiger partial charge in [-0.1, -0.05) is 0 Å². The molecule has 0 amide bonds. The average molecular weight is 114 g/mol. The molecule has 0 aromatic rings. The minimum atomic E-state index is -0.331. The summed E-state index contributed by atoms with van der Waals surface area (Å²) in [7, 11) is 0. The van der Waals surface area contributed by atoms with Crippen LogP contribution in [0.5, 0.6) is 0 Å². The van der Waals surface area contributed by atoms with Crippen LogP contribution in [0, 0.1) is 0 Å². The number of esters is 1. The molecule has 0 N–H and O–H groups in total. The lowest BCUT2D eigenvalue weighted by Crippen LogP contribution is -2.02. The van der Waals surface area contributed by atoms with Crippen molar-refractivity contribution < 1.29 is 14.3 Å². The third-order valence-corrected chi connectivity index (χ3v) is 0.746. The van der Waals surface area contributed by atoms with Crippen molar-refractivity contribution in [2.75, 3.05) is 13.2 Å². The average Bonchev–Trinajstić information content (AvgIpc) is 1.94. The Kier molecular flexibility index (Phi) is 1.51. The molecule has 0 fully saturated rings. The molecule has 0 aliphatic carbocycles. The van der Waals surface area contributed by atoms with E-state index in [4.69, 9.17) is 4.74 Å². The van der Waals surface area contributed by atoms with Gasteiger partial charge in [0.05, 0.1) is 12.3 Å². The lowest BCUT2D eigenvalue weighted by Gasteiger charge is -1.94. The highest BCUT2D eigenvalue weighted by molar-refractivity contribution is 5.81. The first-order valence-corrected chi connectivity index (χ1v) is 2.34. The van der Waals surface area contributed by atoms with Crippen molar-refractivity contribution in [1.82, 2.24) is 0 Å². The van der Waals surface area contributed by atoms with Crippen LogP contribution in [-0.4, -0.2) is 19.2 Å². The van der Waals surface area contributed by atoms with Gasteiger partial charge in [-0.25, -0.2) is 4.79 Å². The van der Waals surface area contributed by atoms with Crippen molar-refractivity contribution >= 4 is 5.97 Å². The zero-order valence-corrected chi connectivity index (χ0v) is 4.29. The highest BCUT2D eigenvalue weighted by Gasteiger charge is 1.98. The van der Waals surface area contributed by atoms with Crippen LogP contribution in [-0.2, 0) is 14.3 Å². The first-order chi connectivity index (χ1) is 3.89. The lowest BCUT2D eigenvalue weighted by molar-refractivity contribution is -0.137. The first-order valence-electron chi connectivity index (χ1n) is 2.34. The van der Waals surface area contributed by atoms with Crippen molar-refractivity contribution in [3.05, 3.63) is 12.3 Å². The molecule has 0 aromatic heterocycles. The SMILES string of the molecule is O=C1C=COCCO1. The molecule has 44 valence electrons. The molecule has 0 saturated carbocycles. The van der Waals surface area contributed by atoms with Gasteiger partial charge in [0.15, 0.2) is 0 Å². The molecular weight excluding hydrogens is 108 g/mol. The molecule has 1 rings (SSSR count). The van der Waals surface area contributed by atoms with Gasteiger partial charge >= 0.3 is 5.97 Å². The minimum Gasteiger partial charge on any atom is -0.497 e. The predicted molar refractivity (Wildman–Crippen MR) is 26.1 cm³/mol. The van der Waals surface area contributed by atoms with Gasteiger partial charge in [0, 0.05) is 0 Å². The van der Waals surface area contributed by atoms with Gasteiger partial charge in [0.2, 0.25) is 0 Å². The standard InChI is InChI=1S/C5H6O3/c6-5-1-2-7-3-4-8-5/h1-2H,3-4H2. The van der Waals surface area contributed by atoms with E-state index in [2.05, 4.69) is 4.74 Å². The van der Waals surface area contributed by atoms with E-state index in [1.165, 1.54) is 12.3 Å². The molecule has 3 heteroatoms. The molecule has 8 heavy (non-hydrogen) atoms. The van der Waals surface area contributed by atoms with Crippen molar-refractivity contribution in [3.8, 4) is 0 Å². The Morgan fingerprint density at radius 3 is 3.25 bits per heavy atom. The third-order valence-electron chi connectivity index (χ3n) is 0.746. The highest BCUT2D eigenvalue weighted by atomic mass is 16.6. The van der Waals surface area contributed by atoms with E-state index < -0.39 is 0 Å². The summed E-state index contributed by atoms with van der Waals surface area (Å²) < 4.78 is 9.29. The predicted octanol–water partition coefficient (Wildman–Crippen LogP) is 0.0735. The van der Waals surface area contributed by atoms with Crippen LogP contribution in [0.15, 0.2) is 12.3 Å². The number of hydrogen-bond donors (Lipinski definition) is 0. The fourth-order valence-electron chi connectivity index (χ4n) is 0.410. The Labute approximate surface area is 46.9 Å². The summed E-state index contributed by atoms with van der Waals surface area (Å²) in [5.41, 5.74) is 0. The number of ether oxygens (including phenoxy) is 2. The topological polar surface area (TPSA) is 35.5 Å². The number of cyclic esters (lactones) is 1. The number of hydrogen-bond acceptors (Lipinski definition) is 3. The molecular formula is C5H6O3. The summed E-state index contributed by atoms with van der Waals surface area (Å²) in [4.78, 5) is 10.3. The molecule has 0 unspecified atom stereocenters. The molecule has 3 nitrogen and oxygen atoms in total. The van der Waals surface area contributed by atoms with E-state index in [0.717, 1.165) is 0 Å². The molecule has 0 saturated heterocycles. The second-order valence-corrected chi connectivity index (χ2v) is 1.34. The molecule has 0 aromatic carbocycles. The van der Waals surface area contributed by atoms with Crippen LogP contribution in [0.1, 0.15) is 0 Å². The summed E-state index contributed by atoms with van der Waals surface area (Å²) in [6.07, 6.45) is 2.60. The Morgan fingerprint density at radius 1 is 1.50 bits per heavy atom. The summed E-state index contributed by atoms with van der Waals surface area (Å²) in [6.45, 7) is 0.814. The quantitative estimate of drug-likeness (QED) is 0.418. The van der Waals surface area contributed by atoms with Crippen LogP contribution in [0.3, 0.4) is 0 Å². The molecule has 0 spiro atoms. The van der Waals surface area contributed by atoms with Gasteiger partial charge in [0.1, 0.15) is 13.2 Å². The van der Waals surface area contributed by atoms with Gasteiger partial charge < -0.3 is 9.47 Å². The van der Waals surface area contributed by atoms with Crippen LogP contribution in [0.25, 0.3) is 0 Å². The summed E-state index contributed by atoms with van der Waals surface area (Å²) in [6, 6.07) is 0. The highest BCUT2D eigenvalue weighted by Crippen LogP contribution is 1.89. The Hall–Kier alpha value is -0.990. The van der Waals surface area contributed by atoms with E-state index in [9.17, 15) is 4.79 Å². The van der Waals surface area contributed by atoms with E-state index in [1.807, 2.05) is 0 Å². The van der Waals surface area contributed by atoms with Crippen molar-refractivity contribution in [2.45, 2.75) is 0 Å². The Morgan fingerprint density at radius 2 is 2.38 bits per heavy atom. The smallest absolute Gasteiger partial charge is 0.333 e. The van der Waals surface area contributed by atoms with Crippen molar-refractivity contribution in [3.63, 3.8) is 0 Å². The summed E-state index contributed by atoms with van der Waals surface area (Å²) in [5.74, 6) is -0.331. The second-order valence-electron chi connectivity index (χ2n) is 1.34. The van der Waals surface area contributed by atoms with Gasteiger partial charge in [-0.15, -0.1) is 0 Å². The molecule has 0 bridgehead atoms. The Balaban J connectivity index is 2.44. The van der Waals surface area contributed by atoms with E-state index in [1.54, 1.807) is 0 Å². The zero-order chi connectivity index (χ0) is 5.82. The van der Waals surface area contributed by atoms with Gasteiger partial charge in [-0.05, 0) is 0 Å². The van der Waals surface area contributed by atoms with Crippen molar-refractivity contribution in [1.29, 1.82) is 0 Å². The van der Waals surface area contributed by atoms with E-state index >= 15 is 0 Å². The maximum absolute atomic E-state index is 10.3. The number of rotatable bonds is 0. The normalized spacial score (nSPS) is 18.8. The van der Waals surface area contributed by atoms with E-state index in [-0.39, 0.29) is 5.97 Å². The third kappa shape index (κ3) is 1.26. The fraction of sp³-hybridized carbons (Fsp3) is 0.400. The van der Waals surface area contributed by atoms with E-state index in [0.29, 0.717) is 13.2 Å². The summed E-state index contributed by atoms with van der Waals surface area (Å²) in [5, 5.41) is 0. The van der Waals surface area contributed by atoms with Crippen LogP contribution >= 0.6 is 0 Å². The molecule has 1 heterocycles. The summed E-state index contributed by atoms with van der Waals surface area (Å²) >= 11 is 0. The largest absolute Gasteiger partial charge is 0.497 e. The number of carbonyl (C=O) groups is 1. The Bertz CT molecular complexity index is 117. The van der Waals surface area contributed by atoms with Gasteiger partial charge in [-0.3, -0.25) is 0 Å². The van der Waals surface area contributed by atoms with Gasteiger partial charge in [0.25, 0.3) is 0 Å². The number of carbonyl (C=O) groups excluding carboxylic acids is 1. The fourth-order valence-corrected chi connectivity index (χ4v) is 0.410. The molecule has 0 atom stereocenters. The minimum absolute atomic E-state index is 0.331. The molecule has 0 radical (unpaired) electrons. The molecule has 1 aliphatic heterocycles. The first kappa shape index (κ1) is 5.15. The maximum Gasteiger partial charge on any atom is 0.333 e. The monoisotopic (exact) mass is 114 g/mol. The zero-order valence-electron chi connectivity index (χ0n) is 4.29. The van der Waals surface area contributed by atoms with Crippen molar-refractivity contribution in [2.24, 2.45) is 0 Å². The maximum atomic E-state index is 10.3. The van der Waals surface area contributed by atoms with Crippen LogP contribution < -0.4 is 0 Å². The van der Waals surface area contributed by atoms with Gasteiger partial charge in [-0.2, -0.15) is 0 Å². The molecule has 1 aliphatic rings. The second kappa shape index (κ2) is 2.35. The van der Waals surface area contributed by atoms with Crippen LogP contribution in [0.4, 0.5) is 0 Å². The van der Waals surface area contributed by atoms with Crippen LogP contribution in [0.2, 0.25) is 0 Å². The lowest BCUT2D eigenvalue weighted by atomic mass is 10.6.